The first-order valence-corrected chi connectivity index (χ1v) is 14.2. The second kappa shape index (κ2) is 10.1. The summed E-state index contributed by atoms with van der Waals surface area (Å²) in [6, 6.07) is 49.9. The van der Waals surface area contributed by atoms with Gasteiger partial charge in [-0.2, -0.15) is 0 Å². The summed E-state index contributed by atoms with van der Waals surface area (Å²) >= 11 is 0. The number of fused-ring (bicyclic) bond motifs is 3. The largest absolute Gasteiger partial charge is 0.263 e. The normalized spacial score (nSPS) is 11.3. The third kappa shape index (κ3) is 3.96. The van der Waals surface area contributed by atoms with Gasteiger partial charge in [-0.1, -0.05) is 121 Å². The third-order valence-electron chi connectivity index (χ3n) is 8.20. The molecule has 0 radical (unpaired) electrons. The van der Waals surface area contributed by atoms with E-state index < -0.39 is 0 Å². The number of hydrogen-bond acceptors (Lipinski definition) is 2. The van der Waals surface area contributed by atoms with E-state index >= 15 is 0 Å². The predicted molar refractivity (Wildman–Crippen MR) is 176 cm³/mol. The average Bonchev–Trinajstić information content (AvgIpc) is 3.07. The van der Waals surface area contributed by atoms with Crippen molar-refractivity contribution >= 4 is 32.3 Å². The van der Waals surface area contributed by atoms with Gasteiger partial charge >= 0.3 is 0 Å². The monoisotopic (exact) mass is 534 g/mol. The summed E-state index contributed by atoms with van der Waals surface area (Å²) in [5.74, 6) is 0. The predicted octanol–water partition coefficient (Wildman–Crippen LogP) is 10.6. The molecule has 8 aromatic rings. The molecule has 42 heavy (non-hydrogen) atoms. The minimum Gasteiger partial charge on any atom is -0.263 e. The van der Waals surface area contributed by atoms with Gasteiger partial charge in [-0.15, -0.1) is 0 Å². The van der Waals surface area contributed by atoms with Crippen LogP contribution in [-0.2, 0) is 0 Å². The van der Waals surface area contributed by atoms with Crippen LogP contribution in [0.15, 0.2) is 158 Å². The minimum atomic E-state index is 0.921. The van der Waals surface area contributed by atoms with Gasteiger partial charge in [-0.25, -0.2) is 0 Å². The Hall–Kier alpha value is -5.60. The highest BCUT2D eigenvalue weighted by atomic mass is 14.7. The molecule has 2 heterocycles. The van der Waals surface area contributed by atoms with Crippen molar-refractivity contribution in [2.24, 2.45) is 0 Å². The zero-order valence-corrected chi connectivity index (χ0v) is 22.9. The Morgan fingerprint density at radius 2 is 0.905 bits per heavy atom. The van der Waals surface area contributed by atoms with E-state index in [1.54, 1.807) is 0 Å². The molecular formula is C40H26N2. The van der Waals surface area contributed by atoms with Gasteiger partial charge in [0, 0.05) is 29.7 Å². The molecule has 0 spiro atoms. The van der Waals surface area contributed by atoms with Crippen molar-refractivity contribution < 1.29 is 0 Å². The van der Waals surface area contributed by atoms with Crippen molar-refractivity contribution in [3.8, 4) is 44.6 Å². The number of pyridine rings is 2. The summed E-state index contributed by atoms with van der Waals surface area (Å²) in [5, 5.41) is 7.46. The number of nitrogens with zero attached hydrogens (tertiary/aromatic N) is 2. The SMILES string of the molecule is c1ccc(-c2c3ccccc3c(-c3cccc4c(-c5cncc(-c6ccccn6)c5)cccc34)c3ccccc23)cc1. The first-order valence-electron chi connectivity index (χ1n) is 14.2. The van der Waals surface area contributed by atoms with E-state index in [0.29, 0.717) is 0 Å². The van der Waals surface area contributed by atoms with Crippen LogP contribution in [0.2, 0.25) is 0 Å². The fourth-order valence-electron chi connectivity index (χ4n) is 6.37. The Balaban J connectivity index is 1.41. The number of aromatic nitrogens is 2. The van der Waals surface area contributed by atoms with E-state index in [1.807, 2.05) is 36.8 Å². The zero-order chi connectivity index (χ0) is 27.9. The van der Waals surface area contributed by atoms with Crippen LogP contribution in [0.5, 0.6) is 0 Å². The first-order chi connectivity index (χ1) is 20.9. The molecule has 0 fully saturated rings. The summed E-state index contributed by atoms with van der Waals surface area (Å²) in [6.45, 7) is 0. The number of hydrogen-bond donors (Lipinski definition) is 0. The fraction of sp³-hybridized carbons (Fsp3) is 0. The molecule has 0 aliphatic carbocycles. The Kier molecular flexibility index (Phi) is 5.82. The lowest BCUT2D eigenvalue weighted by Gasteiger charge is -2.19. The molecule has 2 nitrogen and oxygen atoms in total. The molecule has 0 aliphatic rings. The summed E-state index contributed by atoms with van der Waals surface area (Å²) in [6.07, 6.45) is 5.66. The lowest BCUT2D eigenvalue weighted by Crippen LogP contribution is -1.92. The van der Waals surface area contributed by atoms with Crippen LogP contribution in [0.25, 0.3) is 77.0 Å². The molecule has 0 unspecified atom stereocenters. The van der Waals surface area contributed by atoms with Gasteiger partial charge in [0.15, 0.2) is 0 Å². The molecule has 0 atom stereocenters. The highest BCUT2D eigenvalue weighted by Crippen LogP contribution is 2.46. The maximum absolute atomic E-state index is 4.61. The number of benzene rings is 6. The second-order valence-electron chi connectivity index (χ2n) is 10.6. The van der Waals surface area contributed by atoms with E-state index in [-0.39, 0.29) is 0 Å². The quantitative estimate of drug-likeness (QED) is 0.210. The van der Waals surface area contributed by atoms with Gasteiger partial charge in [-0.05, 0) is 78.3 Å². The third-order valence-corrected chi connectivity index (χ3v) is 8.20. The van der Waals surface area contributed by atoms with Gasteiger partial charge in [-0.3, -0.25) is 9.97 Å². The van der Waals surface area contributed by atoms with Crippen LogP contribution in [0.1, 0.15) is 0 Å². The smallest absolute Gasteiger partial charge is 0.0717 e. The molecule has 8 rings (SSSR count). The molecule has 0 N–H and O–H groups in total. The lowest BCUT2D eigenvalue weighted by molar-refractivity contribution is 1.28. The molecule has 2 aromatic heterocycles. The van der Waals surface area contributed by atoms with E-state index in [1.165, 1.54) is 54.6 Å². The molecular weight excluding hydrogens is 508 g/mol. The molecule has 0 amide bonds. The van der Waals surface area contributed by atoms with E-state index in [2.05, 4.69) is 131 Å². The Bertz CT molecular complexity index is 2180. The molecule has 6 aromatic carbocycles. The second-order valence-corrected chi connectivity index (χ2v) is 10.6. The molecule has 0 bridgehead atoms. The van der Waals surface area contributed by atoms with Crippen molar-refractivity contribution in [1.29, 1.82) is 0 Å². The molecule has 196 valence electrons. The summed E-state index contributed by atoms with van der Waals surface area (Å²) < 4.78 is 0. The van der Waals surface area contributed by atoms with Gasteiger partial charge in [0.05, 0.1) is 5.69 Å². The van der Waals surface area contributed by atoms with E-state index in [4.69, 9.17) is 0 Å². The Morgan fingerprint density at radius 1 is 0.357 bits per heavy atom. The summed E-state index contributed by atoms with van der Waals surface area (Å²) in [4.78, 5) is 9.15. The van der Waals surface area contributed by atoms with Crippen molar-refractivity contribution in [3.05, 3.63) is 158 Å². The molecule has 0 saturated heterocycles. The van der Waals surface area contributed by atoms with Gasteiger partial charge in [0.25, 0.3) is 0 Å². The van der Waals surface area contributed by atoms with Gasteiger partial charge in [0.1, 0.15) is 0 Å². The molecule has 0 saturated carbocycles. The van der Waals surface area contributed by atoms with Crippen molar-refractivity contribution in [3.63, 3.8) is 0 Å². The van der Waals surface area contributed by atoms with E-state index in [0.717, 1.165) is 22.4 Å². The standard InChI is InChI=1S/C40H26N2/c1-2-12-27(13-3-1)39-34-14-4-6-16-36(34)40(37-17-7-5-15-35(37)39)33-21-11-19-31-30(18-10-20-32(31)33)28-24-29(26-41-25-28)38-22-8-9-23-42-38/h1-26H. The van der Waals surface area contributed by atoms with Crippen LogP contribution >= 0.6 is 0 Å². The first kappa shape index (κ1) is 24.2. The van der Waals surface area contributed by atoms with Gasteiger partial charge in [0.2, 0.25) is 0 Å². The number of rotatable bonds is 4. The lowest BCUT2D eigenvalue weighted by atomic mass is 9.84. The van der Waals surface area contributed by atoms with E-state index in [9.17, 15) is 0 Å². The topological polar surface area (TPSA) is 25.8 Å². The van der Waals surface area contributed by atoms with Crippen molar-refractivity contribution in [2.75, 3.05) is 0 Å². The Morgan fingerprint density at radius 3 is 1.57 bits per heavy atom. The maximum Gasteiger partial charge on any atom is 0.0717 e. The van der Waals surface area contributed by atoms with Crippen LogP contribution in [-0.4, -0.2) is 9.97 Å². The van der Waals surface area contributed by atoms with Crippen LogP contribution in [0, 0.1) is 0 Å². The van der Waals surface area contributed by atoms with Crippen LogP contribution in [0.3, 0.4) is 0 Å². The average molecular weight is 535 g/mol. The molecule has 0 aliphatic heterocycles. The molecule has 2 heteroatoms. The highest BCUT2D eigenvalue weighted by Gasteiger charge is 2.18. The van der Waals surface area contributed by atoms with Gasteiger partial charge < -0.3 is 0 Å². The highest BCUT2D eigenvalue weighted by molar-refractivity contribution is 6.24. The van der Waals surface area contributed by atoms with Crippen LogP contribution in [0.4, 0.5) is 0 Å². The van der Waals surface area contributed by atoms with Crippen LogP contribution < -0.4 is 0 Å². The zero-order valence-electron chi connectivity index (χ0n) is 22.9. The fourth-order valence-corrected chi connectivity index (χ4v) is 6.37. The maximum atomic E-state index is 4.61. The summed E-state index contributed by atoms with van der Waals surface area (Å²) in [7, 11) is 0. The summed E-state index contributed by atoms with van der Waals surface area (Å²) in [5.41, 5.74) is 9.18. The van der Waals surface area contributed by atoms with Crippen molar-refractivity contribution in [2.45, 2.75) is 0 Å². The Labute approximate surface area is 244 Å². The minimum absolute atomic E-state index is 0.921. The van der Waals surface area contributed by atoms with Crippen molar-refractivity contribution in [1.82, 2.24) is 9.97 Å².